The predicted octanol–water partition coefficient (Wildman–Crippen LogP) is 4.35. The van der Waals surface area contributed by atoms with Crippen molar-refractivity contribution in [3.05, 3.63) is 38.5 Å². The third-order valence-electron chi connectivity index (χ3n) is 2.84. The SMILES string of the molecule is CCOP(=O)(OCC)Oc1c(C)cc(C)c(C#[N+][O-])c1C. The van der Waals surface area contributed by atoms with Crippen LogP contribution < -0.4 is 4.52 Å². The number of rotatable bonds is 6. The second-order valence-electron chi connectivity index (χ2n) is 4.42. The van der Waals surface area contributed by atoms with Gasteiger partial charge >= 0.3 is 13.9 Å². The van der Waals surface area contributed by atoms with Crippen LogP contribution in [0.25, 0.3) is 5.01 Å². The van der Waals surface area contributed by atoms with E-state index in [0.29, 0.717) is 16.9 Å². The molecule has 6 nitrogen and oxygen atoms in total. The van der Waals surface area contributed by atoms with Gasteiger partial charge in [-0.15, -0.1) is 0 Å². The zero-order valence-electron chi connectivity index (χ0n) is 12.9. The molecule has 0 saturated carbocycles. The van der Waals surface area contributed by atoms with Crippen LogP contribution in [0.4, 0.5) is 0 Å². The Balaban J connectivity index is 3.32. The number of nitrogens with zero attached hydrogens (tertiary/aromatic N) is 1. The summed E-state index contributed by atoms with van der Waals surface area (Å²) in [7, 11) is -3.69. The Bertz CT molecular complexity index is 608. The number of phosphoric ester groups is 1. The summed E-state index contributed by atoms with van der Waals surface area (Å²) in [5, 5.41) is 13.1. The highest BCUT2D eigenvalue weighted by atomic mass is 31.2. The lowest BCUT2D eigenvalue weighted by Crippen LogP contribution is -2.05. The Morgan fingerprint density at radius 1 is 1.19 bits per heavy atom. The van der Waals surface area contributed by atoms with Gasteiger partial charge < -0.3 is 9.73 Å². The highest BCUT2D eigenvalue weighted by molar-refractivity contribution is 7.48. The van der Waals surface area contributed by atoms with Crippen molar-refractivity contribution in [3.8, 4) is 11.8 Å². The van der Waals surface area contributed by atoms with E-state index in [2.05, 4.69) is 11.1 Å². The Hall–Kier alpha value is -1.54. The van der Waals surface area contributed by atoms with Crippen LogP contribution in [0.2, 0.25) is 0 Å². The largest absolute Gasteiger partial charge is 0.530 e. The minimum Gasteiger partial charge on any atom is -0.498 e. The minimum atomic E-state index is -3.69. The van der Waals surface area contributed by atoms with Crippen LogP contribution in [-0.4, -0.2) is 13.2 Å². The third-order valence-corrected chi connectivity index (χ3v) is 4.39. The maximum Gasteiger partial charge on any atom is 0.530 e. The third kappa shape index (κ3) is 4.21. The van der Waals surface area contributed by atoms with Crippen molar-refractivity contribution in [2.45, 2.75) is 34.6 Å². The lowest BCUT2D eigenvalue weighted by molar-refractivity contribution is 0.167. The van der Waals surface area contributed by atoms with Gasteiger partial charge in [0.15, 0.2) is 0 Å². The molecule has 0 bridgehead atoms. The molecule has 0 radical (unpaired) electrons. The van der Waals surface area contributed by atoms with Crippen molar-refractivity contribution >= 4 is 7.82 Å². The Morgan fingerprint density at radius 3 is 2.24 bits per heavy atom. The lowest BCUT2D eigenvalue weighted by atomic mass is 9.99. The van der Waals surface area contributed by atoms with Crippen LogP contribution in [0.5, 0.6) is 5.75 Å². The fraction of sp³-hybridized carbons (Fsp3) is 0.500. The smallest absolute Gasteiger partial charge is 0.498 e. The van der Waals surface area contributed by atoms with Gasteiger partial charge in [0.25, 0.3) is 0 Å². The van der Waals surface area contributed by atoms with Crippen molar-refractivity contribution in [2.75, 3.05) is 13.2 Å². The van der Waals surface area contributed by atoms with E-state index < -0.39 is 7.82 Å². The molecule has 1 aromatic rings. The number of benzene rings is 1. The molecule has 0 unspecified atom stereocenters. The fourth-order valence-corrected chi connectivity index (χ4v) is 3.36. The summed E-state index contributed by atoms with van der Waals surface area (Å²) >= 11 is 0. The average molecular weight is 313 g/mol. The van der Waals surface area contributed by atoms with Gasteiger partial charge in [0.05, 0.1) is 13.2 Å². The van der Waals surface area contributed by atoms with E-state index in [1.54, 1.807) is 26.8 Å². The van der Waals surface area contributed by atoms with Crippen molar-refractivity contribution in [1.82, 2.24) is 0 Å². The molecule has 0 aliphatic carbocycles. The molecule has 0 atom stereocenters. The molecule has 7 heteroatoms. The summed E-state index contributed by atoms with van der Waals surface area (Å²) in [6, 6.07) is 4.18. The molecule has 0 amide bonds. The highest BCUT2D eigenvalue weighted by Crippen LogP contribution is 2.51. The molecule has 0 saturated heterocycles. The van der Waals surface area contributed by atoms with Crippen LogP contribution in [-0.2, 0) is 13.6 Å². The van der Waals surface area contributed by atoms with Gasteiger partial charge in [-0.2, -0.15) is 0 Å². The summed E-state index contributed by atoms with van der Waals surface area (Å²) in [4.78, 5) is 0. The van der Waals surface area contributed by atoms with Crippen LogP contribution >= 0.6 is 7.82 Å². The predicted molar refractivity (Wildman–Crippen MR) is 81.9 cm³/mol. The van der Waals surface area contributed by atoms with Crippen molar-refractivity contribution in [3.63, 3.8) is 0 Å². The Morgan fingerprint density at radius 2 is 1.76 bits per heavy atom. The van der Waals surface area contributed by atoms with Gasteiger partial charge in [-0.05, 0) is 45.7 Å². The van der Waals surface area contributed by atoms with E-state index in [-0.39, 0.29) is 13.2 Å². The Labute approximate surface area is 125 Å². The van der Waals surface area contributed by atoms with Gasteiger partial charge in [-0.25, -0.2) is 4.57 Å². The van der Waals surface area contributed by atoms with Crippen molar-refractivity contribution in [1.29, 1.82) is 0 Å². The first-order valence-corrected chi connectivity index (χ1v) is 8.12. The maximum absolute atomic E-state index is 12.5. The van der Waals surface area contributed by atoms with Gasteiger partial charge in [-0.1, -0.05) is 6.07 Å². The summed E-state index contributed by atoms with van der Waals surface area (Å²) in [5.74, 6) is 0.358. The Kier molecular flexibility index (Phi) is 6.22. The number of aryl methyl sites for hydroxylation is 2. The summed E-state index contributed by atoms with van der Waals surface area (Å²) in [5.41, 5.74) is 2.73. The van der Waals surface area contributed by atoms with E-state index in [9.17, 15) is 9.77 Å². The van der Waals surface area contributed by atoms with E-state index >= 15 is 0 Å². The highest BCUT2D eigenvalue weighted by Gasteiger charge is 2.30. The summed E-state index contributed by atoms with van der Waals surface area (Å²) < 4.78 is 28.2. The zero-order valence-corrected chi connectivity index (χ0v) is 13.8. The fourth-order valence-electron chi connectivity index (χ4n) is 2.04. The lowest BCUT2D eigenvalue weighted by Gasteiger charge is -2.20. The van der Waals surface area contributed by atoms with Gasteiger partial charge in [0.2, 0.25) is 0 Å². The normalized spacial score (nSPS) is 10.9. The summed E-state index contributed by atoms with van der Waals surface area (Å²) in [6.45, 7) is 9.19. The second-order valence-corrected chi connectivity index (χ2v) is 6.01. The molecular formula is C14H20NO5P. The molecule has 0 aliphatic heterocycles. The minimum absolute atomic E-state index is 0.197. The van der Waals surface area contributed by atoms with E-state index in [4.69, 9.17) is 13.6 Å². The molecule has 0 aliphatic rings. The van der Waals surface area contributed by atoms with Crippen LogP contribution in [0.15, 0.2) is 6.07 Å². The van der Waals surface area contributed by atoms with Crippen molar-refractivity contribution < 1.29 is 18.1 Å². The molecule has 0 fully saturated rings. The molecule has 0 spiro atoms. The van der Waals surface area contributed by atoms with Gasteiger partial charge in [-0.3, -0.25) is 9.05 Å². The first-order valence-electron chi connectivity index (χ1n) is 6.66. The van der Waals surface area contributed by atoms with Crippen LogP contribution in [0.1, 0.15) is 36.1 Å². The number of phosphoric acid groups is 1. The monoisotopic (exact) mass is 313 g/mol. The molecule has 21 heavy (non-hydrogen) atoms. The molecule has 0 N–H and O–H groups in total. The first-order chi connectivity index (χ1) is 9.88. The quantitative estimate of drug-likeness (QED) is 0.576. The standard InChI is InChI=1S/C14H20NO5P/c1-6-18-21(17,19-7-2)20-14-11(4)8-10(3)13(9-15-16)12(14)5/h8H,6-7H2,1-5H3. The molecule has 1 aromatic carbocycles. The number of hydrogen-bond acceptors (Lipinski definition) is 5. The van der Waals surface area contributed by atoms with E-state index in [1.807, 2.05) is 13.8 Å². The van der Waals surface area contributed by atoms with E-state index in [0.717, 1.165) is 11.1 Å². The summed E-state index contributed by atoms with van der Waals surface area (Å²) in [6.07, 6.45) is 0. The van der Waals surface area contributed by atoms with Crippen LogP contribution in [0.3, 0.4) is 0 Å². The number of hydrogen-bond donors (Lipinski definition) is 0. The maximum atomic E-state index is 12.5. The molecule has 116 valence electrons. The molecular weight excluding hydrogens is 293 g/mol. The first kappa shape index (κ1) is 17.5. The van der Waals surface area contributed by atoms with Crippen LogP contribution in [0, 0.1) is 32.0 Å². The molecule has 1 rings (SSSR count). The molecule has 0 heterocycles. The molecule has 0 aromatic heterocycles. The average Bonchev–Trinajstić information content (AvgIpc) is 2.40. The van der Waals surface area contributed by atoms with Gasteiger partial charge in [0.1, 0.15) is 11.3 Å². The topological polar surface area (TPSA) is 72.2 Å². The zero-order chi connectivity index (χ0) is 16.0. The van der Waals surface area contributed by atoms with Gasteiger partial charge in [0, 0.05) is 10.6 Å². The second kappa shape index (κ2) is 7.46. The van der Waals surface area contributed by atoms with E-state index in [1.165, 1.54) is 0 Å². The van der Waals surface area contributed by atoms with Crippen molar-refractivity contribution in [2.24, 2.45) is 0 Å².